The molecule has 5 rings (SSSR count). The van der Waals surface area contributed by atoms with Crippen molar-refractivity contribution in [3.8, 4) is 28.6 Å². The molecule has 39 heavy (non-hydrogen) atoms. The van der Waals surface area contributed by atoms with E-state index >= 15 is 0 Å². The van der Waals surface area contributed by atoms with Crippen LogP contribution in [0.5, 0.6) is 11.5 Å². The zero-order valence-electron chi connectivity index (χ0n) is 20.2. The minimum Gasteiger partial charge on any atom is -0.497 e. The molecule has 2 heterocycles. The third-order valence-corrected chi connectivity index (χ3v) is 6.36. The van der Waals surface area contributed by atoms with Crippen molar-refractivity contribution in [2.24, 2.45) is 10.2 Å². The van der Waals surface area contributed by atoms with Crippen LogP contribution in [-0.2, 0) is 4.79 Å². The maximum atomic E-state index is 12.4. The molecule has 0 spiro atoms. The van der Waals surface area contributed by atoms with Crippen LogP contribution >= 0.6 is 11.8 Å². The zero-order chi connectivity index (χ0) is 27.4. The van der Waals surface area contributed by atoms with Gasteiger partial charge in [-0.25, -0.2) is 9.67 Å². The molecule has 0 radical (unpaired) electrons. The molecular formula is C26H19F3N6O3S. The van der Waals surface area contributed by atoms with E-state index in [1.807, 2.05) is 24.3 Å². The first-order valence-corrected chi connectivity index (χ1v) is 12.4. The van der Waals surface area contributed by atoms with Crippen LogP contribution in [0.2, 0.25) is 0 Å². The van der Waals surface area contributed by atoms with Gasteiger partial charge in [-0.1, -0.05) is 36.0 Å². The van der Waals surface area contributed by atoms with Crippen molar-refractivity contribution >= 4 is 34.7 Å². The number of rotatable bonds is 7. The molecule has 13 heteroatoms. The number of amidine groups is 1. The molecule has 0 N–H and O–H groups in total. The van der Waals surface area contributed by atoms with E-state index in [9.17, 15) is 18.0 Å². The molecule has 1 aromatic heterocycles. The van der Waals surface area contributed by atoms with Crippen molar-refractivity contribution < 1.29 is 27.4 Å². The predicted molar refractivity (Wildman–Crippen MR) is 141 cm³/mol. The maximum absolute atomic E-state index is 12.4. The Morgan fingerprint density at radius 2 is 1.62 bits per heavy atom. The zero-order valence-corrected chi connectivity index (χ0v) is 21.1. The number of alkyl halides is 3. The SMILES string of the molecule is COc1ccc(N2C(=O)CS/C2=N\N=C\c2ccc(-c3ncn(-c4ccc(OC(F)(F)F)cc4)n3)cc2)cc1. The number of anilines is 1. The summed E-state index contributed by atoms with van der Waals surface area (Å²) in [4.78, 5) is 18.2. The molecule has 198 valence electrons. The number of benzene rings is 3. The average molecular weight is 553 g/mol. The van der Waals surface area contributed by atoms with Gasteiger partial charge in [0.05, 0.1) is 30.5 Å². The molecule has 0 aliphatic carbocycles. The van der Waals surface area contributed by atoms with E-state index in [1.165, 1.54) is 51.9 Å². The summed E-state index contributed by atoms with van der Waals surface area (Å²) in [6.45, 7) is 0. The van der Waals surface area contributed by atoms with Crippen LogP contribution < -0.4 is 14.4 Å². The number of hydrogen-bond donors (Lipinski definition) is 0. The summed E-state index contributed by atoms with van der Waals surface area (Å²) in [5.41, 5.74) is 2.71. The highest BCUT2D eigenvalue weighted by Gasteiger charge is 2.31. The Kier molecular flexibility index (Phi) is 7.32. The van der Waals surface area contributed by atoms with Gasteiger partial charge in [-0.2, -0.15) is 5.10 Å². The number of methoxy groups -OCH3 is 1. The van der Waals surface area contributed by atoms with E-state index in [0.29, 0.717) is 28.1 Å². The van der Waals surface area contributed by atoms with Crippen molar-refractivity contribution in [1.29, 1.82) is 0 Å². The van der Waals surface area contributed by atoms with Crippen molar-refractivity contribution in [2.45, 2.75) is 6.36 Å². The number of halogens is 3. The molecule has 0 bridgehead atoms. The first kappa shape index (κ1) is 26.0. The Morgan fingerprint density at radius 3 is 2.28 bits per heavy atom. The molecule has 4 aromatic rings. The van der Waals surface area contributed by atoms with Gasteiger partial charge in [-0.15, -0.1) is 23.4 Å². The minimum atomic E-state index is -4.75. The number of ether oxygens (including phenoxy) is 2. The van der Waals surface area contributed by atoms with Crippen LogP contribution in [0.1, 0.15) is 5.56 Å². The molecule has 1 saturated heterocycles. The van der Waals surface area contributed by atoms with Gasteiger partial charge >= 0.3 is 6.36 Å². The standard InChI is InChI=1S/C26H19F3N6O3S/c1-37-21-10-8-20(9-11-21)35-23(36)15-39-25(35)32-31-14-17-2-4-18(5-3-17)24-30-16-34(33-24)19-6-12-22(13-7-19)38-26(27,28)29/h2-14,16H,15H2,1H3/b31-14+,32-25-. The largest absolute Gasteiger partial charge is 0.573 e. The number of amides is 1. The van der Waals surface area contributed by atoms with Crippen LogP contribution in [0, 0.1) is 0 Å². The van der Waals surface area contributed by atoms with Crippen LogP contribution in [0.3, 0.4) is 0 Å². The lowest BCUT2D eigenvalue weighted by molar-refractivity contribution is -0.274. The van der Waals surface area contributed by atoms with E-state index in [-0.39, 0.29) is 17.4 Å². The van der Waals surface area contributed by atoms with E-state index in [2.05, 4.69) is 25.0 Å². The molecule has 1 amide bonds. The second kappa shape index (κ2) is 11.0. The summed E-state index contributed by atoms with van der Waals surface area (Å²) >= 11 is 1.31. The lowest BCUT2D eigenvalue weighted by Crippen LogP contribution is -2.28. The molecule has 1 fully saturated rings. The maximum Gasteiger partial charge on any atom is 0.573 e. The Hall–Kier alpha value is -4.65. The smallest absolute Gasteiger partial charge is 0.497 e. The molecular weight excluding hydrogens is 533 g/mol. The Balaban J connectivity index is 1.25. The van der Waals surface area contributed by atoms with Crippen LogP contribution in [0.4, 0.5) is 18.9 Å². The Bertz CT molecular complexity index is 1520. The molecule has 0 unspecified atom stereocenters. The van der Waals surface area contributed by atoms with Crippen LogP contribution in [0.25, 0.3) is 17.1 Å². The second-order valence-electron chi connectivity index (χ2n) is 8.02. The van der Waals surface area contributed by atoms with Crippen molar-refractivity contribution in [3.05, 3.63) is 84.7 Å². The van der Waals surface area contributed by atoms with E-state index in [1.54, 1.807) is 37.6 Å². The lowest BCUT2D eigenvalue weighted by atomic mass is 10.1. The highest BCUT2D eigenvalue weighted by Crippen LogP contribution is 2.28. The van der Waals surface area contributed by atoms with E-state index in [4.69, 9.17) is 4.74 Å². The van der Waals surface area contributed by atoms with E-state index in [0.717, 1.165) is 11.1 Å². The van der Waals surface area contributed by atoms with Gasteiger partial charge in [0, 0.05) is 5.56 Å². The number of nitrogens with zero attached hydrogens (tertiary/aromatic N) is 6. The van der Waals surface area contributed by atoms with Gasteiger partial charge in [0.1, 0.15) is 17.8 Å². The lowest BCUT2D eigenvalue weighted by Gasteiger charge is -2.15. The third-order valence-electron chi connectivity index (χ3n) is 5.44. The number of carbonyl (C=O) groups is 1. The fourth-order valence-electron chi connectivity index (χ4n) is 3.60. The molecule has 9 nitrogen and oxygen atoms in total. The third kappa shape index (κ3) is 6.26. The van der Waals surface area contributed by atoms with Gasteiger partial charge in [0.25, 0.3) is 0 Å². The first-order chi connectivity index (χ1) is 18.8. The van der Waals surface area contributed by atoms with Crippen molar-refractivity contribution in [1.82, 2.24) is 14.8 Å². The summed E-state index contributed by atoms with van der Waals surface area (Å²) in [5, 5.41) is 13.3. The molecule has 0 saturated carbocycles. The van der Waals surface area contributed by atoms with Gasteiger partial charge in [0.15, 0.2) is 11.0 Å². The highest BCUT2D eigenvalue weighted by molar-refractivity contribution is 8.15. The molecule has 0 atom stereocenters. The van der Waals surface area contributed by atoms with E-state index < -0.39 is 6.36 Å². The summed E-state index contributed by atoms with van der Waals surface area (Å²) in [6.07, 6.45) is -1.71. The summed E-state index contributed by atoms with van der Waals surface area (Å²) in [7, 11) is 1.58. The summed E-state index contributed by atoms with van der Waals surface area (Å²) < 4.78 is 47.6. The predicted octanol–water partition coefficient (Wildman–Crippen LogP) is 5.31. The quantitative estimate of drug-likeness (QED) is 0.228. The second-order valence-corrected chi connectivity index (χ2v) is 8.96. The van der Waals surface area contributed by atoms with Gasteiger partial charge in [-0.05, 0) is 54.1 Å². The Morgan fingerprint density at radius 1 is 0.949 bits per heavy atom. The average Bonchev–Trinajstić information content (AvgIpc) is 3.56. The number of carbonyl (C=O) groups excluding carboxylic acids is 1. The van der Waals surface area contributed by atoms with Crippen molar-refractivity contribution in [2.75, 3.05) is 17.8 Å². The van der Waals surface area contributed by atoms with Gasteiger partial charge in [0.2, 0.25) is 5.91 Å². The minimum absolute atomic E-state index is 0.0824. The van der Waals surface area contributed by atoms with Crippen molar-refractivity contribution in [3.63, 3.8) is 0 Å². The van der Waals surface area contributed by atoms with Crippen LogP contribution in [-0.4, -0.2) is 51.3 Å². The van der Waals surface area contributed by atoms with Gasteiger partial charge < -0.3 is 9.47 Å². The number of aromatic nitrogens is 3. The van der Waals surface area contributed by atoms with Gasteiger partial charge in [-0.3, -0.25) is 9.69 Å². The fraction of sp³-hybridized carbons (Fsp3) is 0.115. The number of thioether (sulfide) groups is 1. The Labute approximate surface area is 224 Å². The topological polar surface area (TPSA) is 94.2 Å². The van der Waals surface area contributed by atoms with Crippen LogP contribution in [0.15, 0.2) is 89.3 Å². The molecule has 1 aliphatic rings. The molecule has 1 aliphatic heterocycles. The fourth-order valence-corrected chi connectivity index (χ4v) is 4.43. The summed E-state index contributed by atoms with van der Waals surface area (Å²) in [5.74, 6) is 1.00. The summed E-state index contributed by atoms with van der Waals surface area (Å²) in [6, 6.07) is 19.7. The number of hydrogen-bond acceptors (Lipinski definition) is 8. The first-order valence-electron chi connectivity index (χ1n) is 11.4. The normalized spacial score (nSPS) is 14.9. The highest BCUT2D eigenvalue weighted by atomic mass is 32.2. The monoisotopic (exact) mass is 552 g/mol. The molecule has 3 aromatic carbocycles.